The van der Waals surface area contributed by atoms with Crippen LogP contribution in [0.5, 0.6) is 11.5 Å². The van der Waals surface area contributed by atoms with E-state index in [1.165, 1.54) is 0 Å². The van der Waals surface area contributed by atoms with Crippen LogP contribution in [0.4, 0.5) is 0 Å². The smallest absolute Gasteiger partial charge is 0.246 e. The van der Waals surface area contributed by atoms with Gasteiger partial charge in [-0.2, -0.15) is 0 Å². The number of amides is 1. The van der Waals surface area contributed by atoms with Crippen molar-refractivity contribution in [2.75, 3.05) is 33.0 Å². The zero-order chi connectivity index (χ0) is 17.9. The lowest BCUT2D eigenvalue weighted by atomic mass is 10.2. The Morgan fingerprint density at radius 2 is 1.96 bits per heavy atom. The van der Waals surface area contributed by atoms with E-state index in [1.807, 2.05) is 42.2 Å². The van der Waals surface area contributed by atoms with E-state index in [-0.39, 0.29) is 12.7 Å². The molecule has 2 aliphatic heterocycles. The van der Waals surface area contributed by atoms with Gasteiger partial charge in [0.15, 0.2) is 17.3 Å². The van der Waals surface area contributed by atoms with Crippen molar-refractivity contribution in [1.82, 2.24) is 15.0 Å². The molecule has 7 nitrogen and oxygen atoms in total. The molecule has 3 heterocycles. The maximum atomic E-state index is 12.4. The van der Waals surface area contributed by atoms with E-state index in [4.69, 9.17) is 14.0 Å². The summed E-state index contributed by atoms with van der Waals surface area (Å²) < 4.78 is 15.9. The number of ether oxygens (including phenoxy) is 2. The molecule has 0 N–H and O–H groups in total. The van der Waals surface area contributed by atoms with Gasteiger partial charge in [0.05, 0.1) is 12.2 Å². The third-order valence-corrected chi connectivity index (χ3v) is 4.56. The van der Waals surface area contributed by atoms with Crippen LogP contribution in [0, 0.1) is 6.92 Å². The number of fused-ring (bicyclic) bond motifs is 1. The quantitative estimate of drug-likeness (QED) is 0.782. The number of hydrogen-bond donors (Lipinski definition) is 0. The van der Waals surface area contributed by atoms with Crippen molar-refractivity contribution in [3.63, 3.8) is 0 Å². The Balaban J connectivity index is 1.29. The molecule has 0 bridgehead atoms. The summed E-state index contributed by atoms with van der Waals surface area (Å²) in [5.41, 5.74) is 1.81. The molecule has 0 radical (unpaired) electrons. The van der Waals surface area contributed by atoms with Gasteiger partial charge in [-0.1, -0.05) is 11.2 Å². The van der Waals surface area contributed by atoms with Gasteiger partial charge in [0, 0.05) is 38.3 Å². The molecule has 2 aliphatic rings. The minimum Gasteiger partial charge on any atom is -0.454 e. The molecule has 4 rings (SSSR count). The standard InChI is InChI=1S/C19H21N3O4/c1-14-10-16(26-20-14)12-21-6-8-22(9-7-21)19(23)5-3-15-2-4-17-18(11-15)25-13-24-17/h2-5,10-11H,6-9,12-13H2,1H3/b5-3+. The summed E-state index contributed by atoms with van der Waals surface area (Å²) in [4.78, 5) is 16.5. The van der Waals surface area contributed by atoms with Crippen molar-refractivity contribution >= 4 is 12.0 Å². The van der Waals surface area contributed by atoms with Gasteiger partial charge in [-0.05, 0) is 30.7 Å². The first kappa shape index (κ1) is 16.7. The van der Waals surface area contributed by atoms with E-state index < -0.39 is 0 Å². The number of hydrogen-bond acceptors (Lipinski definition) is 6. The fourth-order valence-electron chi connectivity index (χ4n) is 3.13. The topological polar surface area (TPSA) is 68.0 Å². The number of aryl methyl sites for hydroxylation is 1. The molecule has 0 saturated carbocycles. The highest BCUT2D eigenvalue weighted by Crippen LogP contribution is 2.32. The SMILES string of the molecule is Cc1cc(CN2CCN(C(=O)/C=C/c3ccc4c(c3)OCO4)CC2)on1. The highest BCUT2D eigenvalue weighted by molar-refractivity contribution is 5.92. The molecule has 1 aromatic carbocycles. The molecule has 136 valence electrons. The number of carbonyl (C=O) groups is 1. The van der Waals surface area contributed by atoms with Crippen molar-refractivity contribution in [3.05, 3.63) is 47.4 Å². The summed E-state index contributed by atoms with van der Waals surface area (Å²) in [6.07, 6.45) is 3.43. The second kappa shape index (κ2) is 7.21. The zero-order valence-corrected chi connectivity index (χ0v) is 14.7. The molecule has 0 aliphatic carbocycles. The lowest BCUT2D eigenvalue weighted by Gasteiger charge is -2.33. The Hall–Kier alpha value is -2.80. The van der Waals surface area contributed by atoms with Crippen molar-refractivity contribution in [2.24, 2.45) is 0 Å². The van der Waals surface area contributed by atoms with Crippen LogP contribution < -0.4 is 9.47 Å². The maximum Gasteiger partial charge on any atom is 0.246 e. The van der Waals surface area contributed by atoms with Gasteiger partial charge in [-0.15, -0.1) is 0 Å². The molecule has 1 fully saturated rings. The lowest BCUT2D eigenvalue weighted by Crippen LogP contribution is -2.47. The van der Waals surface area contributed by atoms with E-state index in [9.17, 15) is 4.79 Å². The fraction of sp³-hybridized carbons (Fsp3) is 0.368. The number of aromatic nitrogens is 1. The fourth-order valence-corrected chi connectivity index (χ4v) is 3.13. The average Bonchev–Trinajstić information content (AvgIpc) is 3.28. The number of carbonyl (C=O) groups excluding carboxylic acids is 1. The van der Waals surface area contributed by atoms with Gasteiger partial charge in [0.2, 0.25) is 12.7 Å². The highest BCUT2D eigenvalue weighted by Gasteiger charge is 2.20. The van der Waals surface area contributed by atoms with Gasteiger partial charge in [0.25, 0.3) is 0 Å². The summed E-state index contributed by atoms with van der Waals surface area (Å²) >= 11 is 0. The maximum absolute atomic E-state index is 12.4. The van der Waals surface area contributed by atoms with E-state index >= 15 is 0 Å². The third-order valence-electron chi connectivity index (χ3n) is 4.56. The highest BCUT2D eigenvalue weighted by atomic mass is 16.7. The van der Waals surface area contributed by atoms with Crippen LogP contribution in [-0.2, 0) is 11.3 Å². The van der Waals surface area contributed by atoms with E-state index in [0.29, 0.717) is 13.1 Å². The summed E-state index contributed by atoms with van der Waals surface area (Å²) in [5, 5.41) is 3.91. The van der Waals surface area contributed by atoms with Crippen LogP contribution in [0.25, 0.3) is 6.08 Å². The minimum atomic E-state index is 0.0258. The Bertz CT molecular complexity index is 822. The first-order valence-corrected chi connectivity index (χ1v) is 8.68. The second-order valence-corrected chi connectivity index (χ2v) is 6.48. The normalized spacial score (nSPS) is 17.2. The predicted octanol–water partition coefficient (Wildman–Crippen LogP) is 2.07. The third kappa shape index (κ3) is 3.72. The van der Waals surface area contributed by atoms with Gasteiger partial charge in [0.1, 0.15) is 0 Å². The van der Waals surface area contributed by atoms with Crippen LogP contribution in [0.1, 0.15) is 17.0 Å². The number of piperazine rings is 1. The number of nitrogens with zero attached hydrogens (tertiary/aromatic N) is 3. The number of rotatable bonds is 4. The van der Waals surface area contributed by atoms with Crippen molar-refractivity contribution in [2.45, 2.75) is 13.5 Å². The van der Waals surface area contributed by atoms with Crippen molar-refractivity contribution in [3.8, 4) is 11.5 Å². The summed E-state index contributed by atoms with van der Waals surface area (Å²) in [5.74, 6) is 2.35. The van der Waals surface area contributed by atoms with Gasteiger partial charge in [-0.25, -0.2) is 0 Å². The molecule has 2 aromatic rings. The predicted molar refractivity (Wildman–Crippen MR) is 94.7 cm³/mol. The zero-order valence-electron chi connectivity index (χ0n) is 14.7. The van der Waals surface area contributed by atoms with Crippen LogP contribution in [0.3, 0.4) is 0 Å². The molecule has 0 spiro atoms. The molecular weight excluding hydrogens is 334 g/mol. The van der Waals surface area contributed by atoms with Crippen molar-refractivity contribution < 1.29 is 18.8 Å². The van der Waals surface area contributed by atoms with E-state index in [1.54, 1.807) is 6.08 Å². The average molecular weight is 355 g/mol. The Labute approximate surface area is 151 Å². The van der Waals surface area contributed by atoms with Gasteiger partial charge >= 0.3 is 0 Å². The first-order valence-electron chi connectivity index (χ1n) is 8.68. The largest absolute Gasteiger partial charge is 0.454 e. The molecule has 7 heteroatoms. The molecular formula is C19H21N3O4. The Morgan fingerprint density at radius 1 is 1.15 bits per heavy atom. The molecule has 1 saturated heterocycles. The van der Waals surface area contributed by atoms with E-state index in [0.717, 1.165) is 48.2 Å². The van der Waals surface area contributed by atoms with E-state index in [2.05, 4.69) is 10.1 Å². The van der Waals surface area contributed by atoms with Crippen LogP contribution >= 0.6 is 0 Å². The van der Waals surface area contributed by atoms with Crippen LogP contribution in [-0.4, -0.2) is 53.8 Å². The Morgan fingerprint density at radius 3 is 2.73 bits per heavy atom. The minimum absolute atomic E-state index is 0.0258. The summed E-state index contributed by atoms with van der Waals surface area (Å²) in [7, 11) is 0. The monoisotopic (exact) mass is 355 g/mol. The molecule has 0 unspecified atom stereocenters. The van der Waals surface area contributed by atoms with Crippen LogP contribution in [0.2, 0.25) is 0 Å². The summed E-state index contributed by atoms with van der Waals surface area (Å²) in [6, 6.07) is 7.60. The van der Waals surface area contributed by atoms with Crippen molar-refractivity contribution in [1.29, 1.82) is 0 Å². The lowest BCUT2D eigenvalue weighted by molar-refractivity contribution is -0.127. The molecule has 1 amide bonds. The molecule has 0 atom stereocenters. The Kier molecular flexibility index (Phi) is 4.62. The van der Waals surface area contributed by atoms with Gasteiger partial charge < -0.3 is 18.9 Å². The second-order valence-electron chi connectivity index (χ2n) is 6.48. The van der Waals surface area contributed by atoms with Crippen LogP contribution in [0.15, 0.2) is 34.9 Å². The molecule has 1 aromatic heterocycles. The number of benzene rings is 1. The summed E-state index contributed by atoms with van der Waals surface area (Å²) in [6.45, 7) is 5.95. The van der Waals surface area contributed by atoms with Gasteiger partial charge in [-0.3, -0.25) is 9.69 Å². The molecule has 26 heavy (non-hydrogen) atoms. The first-order chi connectivity index (χ1) is 12.7.